The zero-order valence-corrected chi connectivity index (χ0v) is 20.0. The van der Waals surface area contributed by atoms with E-state index in [0.29, 0.717) is 21.8 Å². The number of pyridine rings is 1. The van der Waals surface area contributed by atoms with Crippen molar-refractivity contribution < 1.29 is 5.11 Å². The van der Waals surface area contributed by atoms with E-state index in [2.05, 4.69) is 10.9 Å². The lowest BCUT2D eigenvalue weighted by Gasteiger charge is -2.30. The SMILES string of the molecule is C#Cc1cccc(-c2cc(=O)n(C)c3ccc([C@](O)(c4ccc(Cl)cc4)c4cncn4C)cc23)c1. The molecule has 0 radical (unpaired) electrons. The topological polar surface area (TPSA) is 60.1 Å². The fourth-order valence-electron chi connectivity index (χ4n) is 4.56. The van der Waals surface area contributed by atoms with Gasteiger partial charge in [0.25, 0.3) is 5.56 Å². The highest BCUT2D eigenvalue weighted by molar-refractivity contribution is 6.30. The van der Waals surface area contributed by atoms with Gasteiger partial charge in [0.05, 0.1) is 23.7 Å². The van der Waals surface area contributed by atoms with Crippen LogP contribution in [0.15, 0.2) is 90.1 Å². The van der Waals surface area contributed by atoms with Crippen molar-refractivity contribution in [3.63, 3.8) is 0 Å². The summed E-state index contributed by atoms with van der Waals surface area (Å²) in [6.07, 6.45) is 8.92. The van der Waals surface area contributed by atoms with E-state index in [1.807, 2.05) is 49.5 Å². The lowest BCUT2D eigenvalue weighted by Crippen LogP contribution is -2.31. The van der Waals surface area contributed by atoms with Gasteiger partial charge in [0.1, 0.15) is 0 Å². The van der Waals surface area contributed by atoms with E-state index < -0.39 is 5.60 Å². The number of aliphatic hydroxyl groups is 1. The predicted molar refractivity (Wildman–Crippen MR) is 139 cm³/mol. The Morgan fingerprint density at radius 1 is 1.00 bits per heavy atom. The van der Waals surface area contributed by atoms with Gasteiger partial charge in [0.2, 0.25) is 0 Å². The highest BCUT2D eigenvalue weighted by Crippen LogP contribution is 2.39. The third-order valence-corrected chi connectivity index (χ3v) is 6.71. The molecule has 0 bridgehead atoms. The minimum Gasteiger partial charge on any atom is -0.374 e. The number of hydrogen-bond donors (Lipinski definition) is 1. The zero-order chi connectivity index (χ0) is 24.7. The van der Waals surface area contributed by atoms with E-state index >= 15 is 0 Å². The van der Waals surface area contributed by atoms with Crippen LogP contribution in [-0.2, 0) is 19.7 Å². The molecule has 0 spiro atoms. The lowest BCUT2D eigenvalue weighted by molar-refractivity contribution is 0.117. The van der Waals surface area contributed by atoms with Gasteiger partial charge in [0.15, 0.2) is 5.60 Å². The van der Waals surface area contributed by atoms with E-state index in [0.717, 1.165) is 27.6 Å². The minimum atomic E-state index is -1.52. The molecule has 5 rings (SSSR count). The van der Waals surface area contributed by atoms with Crippen molar-refractivity contribution in [3.8, 4) is 23.5 Å². The Hall–Kier alpha value is -4.11. The van der Waals surface area contributed by atoms with Crippen LogP contribution in [0.2, 0.25) is 5.02 Å². The molecule has 35 heavy (non-hydrogen) atoms. The molecule has 0 unspecified atom stereocenters. The van der Waals surface area contributed by atoms with E-state index in [1.54, 1.807) is 59.0 Å². The average Bonchev–Trinajstić information content (AvgIpc) is 3.32. The van der Waals surface area contributed by atoms with Crippen molar-refractivity contribution >= 4 is 22.5 Å². The second-order valence-electron chi connectivity index (χ2n) is 8.52. The maximum Gasteiger partial charge on any atom is 0.251 e. The van der Waals surface area contributed by atoms with Gasteiger partial charge in [-0.25, -0.2) is 4.98 Å². The smallest absolute Gasteiger partial charge is 0.251 e. The first kappa shape index (κ1) is 22.7. The summed E-state index contributed by atoms with van der Waals surface area (Å²) in [7, 11) is 3.57. The van der Waals surface area contributed by atoms with Crippen molar-refractivity contribution in [2.45, 2.75) is 5.60 Å². The number of hydrogen-bond acceptors (Lipinski definition) is 3. The second-order valence-corrected chi connectivity index (χ2v) is 8.96. The summed E-state index contributed by atoms with van der Waals surface area (Å²) in [5, 5.41) is 13.7. The number of nitrogens with zero attached hydrogens (tertiary/aromatic N) is 3. The van der Waals surface area contributed by atoms with Crippen LogP contribution in [0.25, 0.3) is 22.0 Å². The molecule has 3 aromatic carbocycles. The van der Waals surface area contributed by atoms with Crippen molar-refractivity contribution in [3.05, 3.63) is 123 Å². The summed E-state index contributed by atoms with van der Waals surface area (Å²) in [4.78, 5) is 17.0. The standard InChI is InChI=1S/C29H22ClN3O2/c1-4-19-6-5-7-20(14-19)24-16-28(34)33(3)26-13-10-22(15-25(24)26)29(35,27-17-31-18-32(27)2)21-8-11-23(30)12-9-21/h1,5-18,35H,2-3H3/t29-/m1/s1. The van der Waals surface area contributed by atoms with Crippen molar-refractivity contribution in [1.29, 1.82) is 0 Å². The number of terminal acetylenes is 1. The van der Waals surface area contributed by atoms with E-state index in [-0.39, 0.29) is 5.56 Å². The number of halogens is 1. The van der Waals surface area contributed by atoms with Gasteiger partial charge in [-0.05, 0) is 58.7 Å². The third kappa shape index (κ3) is 3.74. The minimum absolute atomic E-state index is 0.133. The summed E-state index contributed by atoms with van der Waals surface area (Å²) in [5.41, 5.74) is 3.25. The second kappa shape index (κ2) is 8.59. The van der Waals surface area contributed by atoms with Crippen molar-refractivity contribution in [2.75, 3.05) is 0 Å². The highest BCUT2D eigenvalue weighted by Gasteiger charge is 2.37. The van der Waals surface area contributed by atoms with E-state index in [4.69, 9.17) is 18.0 Å². The van der Waals surface area contributed by atoms with E-state index in [9.17, 15) is 9.90 Å². The first-order valence-electron chi connectivity index (χ1n) is 11.0. The lowest BCUT2D eigenvalue weighted by atomic mass is 9.82. The molecule has 1 atom stereocenters. The van der Waals surface area contributed by atoms with Gasteiger partial charge >= 0.3 is 0 Å². The van der Waals surface area contributed by atoms with Crippen LogP contribution in [0.4, 0.5) is 0 Å². The fraction of sp³-hybridized carbons (Fsp3) is 0.103. The fourth-order valence-corrected chi connectivity index (χ4v) is 4.69. The van der Waals surface area contributed by atoms with E-state index in [1.165, 1.54) is 0 Å². The van der Waals surface area contributed by atoms with Crippen molar-refractivity contribution in [2.24, 2.45) is 14.1 Å². The Labute approximate surface area is 207 Å². The first-order chi connectivity index (χ1) is 16.8. The number of rotatable bonds is 4. The summed E-state index contributed by atoms with van der Waals surface area (Å²) in [6.45, 7) is 0. The van der Waals surface area contributed by atoms with Gasteiger partial charge in [0, 0.05) is 36.1 Å². The third-order valence-electron chi connectivity index (χ3n) is 6.45. The molecule has 6 heteroatoms. The maximum atomic E-state index is 12.8. The molecule has 0 fully saturated rings. The highest BCUT2D eigenvalue weighted by atomic mass is 35.5. The quantitative estimate of drug-likeness (QED) is 0.374. The number of aryl methyl sites for hydroxylation is 2. The van der Waals surface area contributed by atoms with Crippen LogP contribution in [0.3, 0.4) is 0 Å². The number of aromatic nitrogens is 3. The van der Waals surface area contributed by atoms with Gasteiger partial charge in [-0.3, -0.25) is 4.79 Å². The van der Waals surface area contributed by atoms with Gasteiger partial charge in [-0.1, -0.05) is 47.9 Å². The Morgan fingerprint density at radius 3 is 2.43 bits per heavy atom. The Balaban J connectivity index is 1.84. The molecule has 2 heterocycles. The Morgan fingerprint density at radius 2 is 1.74 bits per heavy atom. The molecule has 2 aromatic heterocycles. The summed E-state index contributed by atoms with van der Waals surface area (Å²) < 4.78 is 3.38. The average molecular weight is 480 g/mol. The molecule has 0 aliphatic carbocycles. The summed E-state index contributed by atoms with van der Waals surface area (Å²) >= 11 is 6.14. The maximum absolute atomic E-state index is 12.8. The van der Waals surface area contributed by atoms with Crippen molar-refractivity contribution in [1.82, 2.24) is 14.1 Å². The number of benzene rings is 3. The molecule has 0 aliphatic rings. The number of imidazole rings is 1. The molecule has 5 nitrogen and oxygen atoms in total. The van der Waals surface area contributed by atoms with Gasteiger partial charge < -0.3 is 14.2 Å². The van der Waals surface area contributed by atoms with Crippen LogP contribution in [0.5, 0.6) is 0 Å². The predicted octanol–water partition coefficient (Wildman–Crippen LogP) is 4.86. The number of fused-ring (bicyclic) bond motifs is 1. The molecule has 0 saturated heterocycles. The molecule has 1 N–H and O–H groups in total. The normalized spacial score (nSPS) is 12.9. The Bertz CT molecular complexity index is 1680. The molecule has 172 valence electrons. The van der Waals surface area contributed by atoms with Crippen LogP contribution in [-0.4, -0.2) is 19.2 Å². The molecule has 0 aliphatic heterocycles. The zero-order valence-electron chi connectivity index (χ0n) is 19.2. The Kier molecular flexibility index (Phi) is 5.56. The summed E-state index contributed by atoms with van der Waals surface area (Å²) in [6, 6.07) is 21.9. The van der Waals surface area contributed by atoms with Crippen LogP contribution in [0, 0.1) is 12.3 Å². The molecular formula is C29H22ClN3O2. The van der Waals surface area contributed by atoms with Crippen LogP contribution < -0.4 is 5.56 Å². The molecule has 0 saturated carbocycles. The largest absolute Gasteiger partial charge is 0.374 e. The molecular weight excluding hydrogens is 458 g/mol. The van der Waals surface area contributed by atoms with Crippen LogP contribution in [0.1, 0.15) is 22.4 Å². The summed E-state index contributed by atoms with van der Waals surface area (Å²) in [5.74, 6) is 2.65. The molecule has 0 amide bonds. The first-order valence-corrected chi connectivity index (χ1v) is 11.4. The van der Waals surface area contributed by atoms with Crippen LogP contribution >= 0.6 is 11.6 Å². The van der Waals surface area contributed by atoms with Gasteiger partial charge in [-0.15, -0.1) is 6.42 Å². The monoisotopic (exact) mass is 479 g/mol. The molecule has 5 aromatic rings. The van der Waals surface area contributed by atoms with Gasteiger partial charge in [-0.2, -0.15) is 0 Å².